The number of pyridine rings is 1. The van der Waals surface area contributed by atoms with Crippen molar-refractivity contribution >= 4 is 5.91 Å². The molecule has 1 aliphatic heterocycles. The minimum Gasteiger partial charge on any atom is -0.332 e. The number of carbonyl (C=O) groups is 1. The highest BCUT2D eigenvalue weighted by atomic mass is 19.1. The number of aromatic nitrogens is 5. The third kappa shape index (κ3) is 3.14. The van der Waals surface area contributed by atoms with Gasteiger partial charge in [0, 0.05) is 43.0 Å². The van der Waals surface area contributed by atoms with Crippen molar-refractivity contribution in [2.45, 2.75) is 13.0 Å². The first-order chi connectivity index (χ1) is 14.6. The van der Waals surface area contributed by atoms with Crippen LogP contribution in [0.3, 0.4) is 0 Å². The second kappa shape index (κ2) is 7.18. The van der Waals surface area contributed by atoms with Gasteiger partial charge in [-0.1, -0.05) is 11.2 Å². The monoisotopic (exact) mass is 404 g/mol. The van der Waals surface area contributed by atoms with Crippen molar-refractivity contribution in [3.8, 4) is 23.0 Å². The Morgan fingerprint density at radius 3 is 2.77 bits per heavy atom. The van der Waals surface area contributed by atoms with Crippen LogP contribution in [0.1, 0.15) is 21.7 Å². The average Bonchev–Trinajstić information content (AvgIpc) is 3.39. The lowest BCUT2D eigenvalue weighted by Crippen LogP contribution is -2.36. The van der Waals surface area contributed by atoms with Crippen LogP contribution in [0.4, 0.5) is 4.39 Å². The molecule has 5 rings (SSSR count). The largest absolute Gasteiger partial charge is 0.332 e. The Labute approximate surface area is 171 Å². The number of carbonyl (C=O) groups excluding carboxylic acids is 1. The molecular formula is C21H17FN6O2. The number of hydrogen-bond donors (Lipinski definition) is 0. The maximum Gasteiger partial charge on any atom is 0.279 e. The van der Waals surface area contributed by atoms with E-state index in [4.69, 9.17) is 4.52 Å². The molecule has 150 valence electrons. The number of amides is 1. The lowest BCUT2D eigenvalue weighted by Gasteiger charge is -2.27. The predicted octanol–water partition coefficient (Wildman–Crippen LogP) is 2.87. The van der Waals surface area contributed by atoms with Crippen LogP contribution in [-0.2, 0) is 20.0 Å². The van der Waals surface area contributed by atoms with Crippen LogP contribution in [0.25, 0.3) is 23.0 Å². The second-order valence-corrected chi connectivity index (χ2v) is 7.02. The van der Waals surface area contributed by atoms with Crippen molar-refractivity contribution in [1.82, 2.24) is 29.8 Å². The van der Waals surface area contributed by atoms with Crippen molar-refractivity contribution < 1.29 is 13.7 Å². The molecule has 8 nitrogen and oxygen atoms in total. The van der Waals surface area contributed by atoms with E-state index in [1.165, 1.54) is 12.1 Å². The molecule has 0 saturated heterocycles. The van der Waals surface area contributed by atoms with Gasteiger partial charge in [0.1, 0.15) is 11.5 Å². The summed E-state index contributed by atoms with van der Waals surface area (Å²) in [4.78, 5) is 23.2. The highest BCUT2D eigenvalue weighted by Crippen LogP contribution is 2.30. The van der Waals surface area contributed by atoms with Crippen LogP contribution in [0, 0.1) is 5.82 Å². The van der Waals surface area contributed by atoms with E-state index in [0.717, 1.165) is 11.3 Å². The lowest BCUT2D eigenvalue weighted by atomic mass is 10.0. The van der Waals surface area contributed by atoms with Gasteiger partial charge in [0.15, 0.2) is 5.69 Å². The minimum atomic E-state index is -0.334. The maximum absolute atomic E-state index is 13.2. The Hall–Kier alpha value is -3.88. The third-order valence-corrected chi connectivity index (χ3v) is 5.14. The van der Waals surface area contributed by atoms with Crippen molar-refractivity contribution in [2.75, 3.05) is 6.54 Å². The molecule has 0 unspecified atom stereocenters. The van der Waals surface area contributed by atoms with Crippen molar-refractivity contribution in [1.29, 1.82) is 0 Å². The number of nitrogens with zero attached hydrogens (tertiary/aromatic N) is 6. The molecule has 0 saturated carbocycles. The maximum atomic E-state index is 13.2. The number of fused-ring (bicyclic) bond motifs is 1. The van der Waals surface area contributed by atoms with E-state index in [1.54, 1.807) is 46.1 Å². The average molecular weight is 404 g/mol. The molecule has 0 fully saturated rings. The quantitative estimate of drug-likeness (QED) is 0.522. The van der Waals surface area contributed by atoms with Gasteiger partial charge in [-0.3, -0.25) is 14.5 Å². The van der Waals surface area contributed by atoms with E-state index in [0.29, 0.717) is 42.3 Å². The number of rotatable bonds is 3. The first-order valence-electron chi connectivity index (χ1n) is 9.45. The Kier molecular flexibility index (Phi) is 4.35. The van der Waals surface area contributed by atoms with E-state index in [-0.39, 0.29) is 17.6 Å². The molecule has 4 heterocycles. The van der Waals surface area contributed by atoms with E-state index >= 15 is 0 Å². The van der Waals surface area contributed by atoms with Gasteiger partial charge < -0.3 is 9.42 Å². The van der Waals surface area contributed by atoms with Crippen LogP contribution in [-0.4, -0.2) is 42.3 Å². The molecule has 30 heavy (non-hydrogen) atoms. The van der Waals surface area contributed by atoms with Crippen molar-refractivity contribution in [3.63, 3.8) is 0 Å². The Morgan fingerprint density at radius 1 is 1.17 bits per heavy atom. The van der Waals surface area contributed by atoms with Gasteiger partial charge in [-0.2, -0.15) is 10.1 Å². The summed E-state index contributed by atoms with van der Waals surface area (Å²) < 4.78 is 20.4. The van der Waals surface area contributed by atoms with Crippen molar-refractivity contribution in [2.24, 2.45) is 7.05 Å². The van der Waals surface area contributed by atoms with E-state index in [9.17, 15) is 9.18 Å². The standard InChI is InChI=1S/C21H17FN6O2/c1-27-17-9-11-28(21(29)16-4-2-3-10-23-16)12-15(17)18(25-27)20-24-19(26-30-20)13-5-7-14(22)8-6-13/h2-8,10H,9,11-12H2,1H3. The molecule has 0 bridgehead atoms. The lowest BCUT2D eigenvalue weighted by molar-refractivity contribution is 0.0727. The molecule has 3 aromatic heterocycles. The fourth-order valence-electron chi connectivity index (χ4n) is 3.62. The van der Waals surface area contributed by atoms with Gasteiger partial charge in [0.25, 0.3) is 11.8 Å². The summed E-state index contributed by atoms with van der Waals surface area (Å²) in [5.41, 5.74) is 3.50. The van der Waals surface area contributed by atoms with Gasteiger partial charge in [-0.05, 0) is 36.4 Å². The molecule has 1 amide bonds. The third-order valence-electron chi connectivity index (χ3n) is 5.14. The topological polar surface area (TPSA) is 89.9 Å². The van der Waals surface area contributed by atoms with E-state index in [1.807, 2.05) is 7.05 Å². The minimum absolute atomic E-state index is 0.131. The van der Waals surface area contributed by atoms with Crippen LogP contribution in [0.5, 0.6) is 0 Å². The summed E-state index contributed by atoms with van der Waals surface area (Å²) in [6.07, 6.45) is 2.27. The summed E-state index contributed by atoms with van der Waals surface area (Å²) in [5.74, 6) is 0.146. The van der Waals surface area contributed by atoms with Gasteiger partial charge in [0.2, 0.25) is 5.82 Å². The Balaban J connectivity index is 1.47. The zero-order valence-electron chi connectivity index (χ0n) is 16.1. The van der Waals surface area contributed by atoms with Crippen LogP contribution in [0.2, 0.25) is 0 Å². The van der Waals surface area contributed by atoms with E-state index < -0.39 is 0 Å². The molecule has 4 aromatic rings. The molecule has 0 N–H and O–H groups in total. The molecule has 1 aromatic carbocycles. The van der Waals surface area contributed by atoms with Crippen LogP contribution >= 0.6 is 0 Å². The molecule has 0 spiro atoms. The smallest absolute Gasteiger partial charge is 0.279 e. The predicted molar refractivity (Wildman–Crippen MR) is 105 cm³/mol. The Morgan fingerprint density at radius 2 is 2.00 bits per heavy atom. The Bertz CT molecular complexity index is 1220. The summed E-state index contributed by atoms with van der Waals surface area (Å²) in [6.45, 7) is 0.953. The summed E-state index contributed by atoms with van der Waals surface area (Å²) in [6, 6.07) is 11.1. The fraction of sp³-hybridized carbons (Fsp3) is 0.190. The second-order valence-electron chi connectivity index (χ2n) is 7.02. The highest BCUT2D eigenvalue weighted by molar-refractivity contribution is 5.92. The number of aryl methyl sites for hydroxylation is 1. The normalized spacial score (nSPS) is 13.3. The zero-order chi connectivity index (χ0) is 20.7. The SMILES string of the molecule is Cn1nc(-c2nc(-c3ccc(F)cc3)no2)c2c1CCN(C(=O)c1ccccn1)C2. The zero-order valence-corrected chi connectivity index (χ0v) is 16.1. The number of halogens is 1. The first kappa shape index (κ1) is 18.2. The fourth-order valence-corrected chi connectivity index (χ4v) is 3.62. The molecule has 0 radical (unpaired) electrons. The molecule has 1 aliphatic rings. The highest BCUT2D eigenvalue weighted by Gasteiger charge is 2.30. The van der Waals surface area contributed by atoms with E-state index in [2.05, 4.69) is 20.2 Å². The van der Waals surface area contributed by atoms with Crippen LogP contribution in [0.15, 0.2) is 53.2 Å². The van der Waals surface area contributed by atoms with Crippen molar-refractivity contribution in [3.05, 3.63) is 71.4 Å². The molecule has 0 atom stereocenters. The number of benzene rings is 1. The summed E-state index contributed by atoms with van der Waals surface area (Å²) in [7, 11) is 1.86. The van der Waals surface area contributed by atoms with Gasteiger partial charge in [-0.25, -0.2) is 4.39 Å². The molecule has 9 heteroatoms. The van der Waals surface area contributed by atoms with Gasteiger partial charge in [-0.15, -0.1) is 0 Å². The van der Waals surface area contributed by atoms with Gasteiger partial charge in [0.05, 0.1) is 6.54 Å². The summed E-state index contributed by atoms with van der Waals surface area (Å²) in [5, 5.41) is 8.56. The number of hydrogen-bond acceptors (Lipinski definition) is 6. The molecule has 0 aliphatic carbocycles. The summed E-state index contributed by atoms with van der Waals surface area (Å²) >= 11 is 0. The first-order valence-corrected chi connectivity index (χ1v) is 9.45. The van der Waals surface area contributed by atoms with Gasteiger partial charge >= 0.3 is 0 Å². The molecular weight excluding hydrogens is 387 g/mol. The van der Waals surface area contributed by atoms with Crippen LogP contribution < -0.4 is 0 Å².